The van der Waals surface area contributed by atoms with Crippen LogP contribution in [0.5, 0.6) is 0 Å². The molecule has 0 aliphatic rings. The van der Waals surface area contributed by atoms with E-state index in [4.69, 9.17) is 5.11 Å². The average Bonchev–Trinajstić information content (AvgIpc) is 2.67. The summed E-state index contributed by atoms with van der Waals surface area (Å²) < 4.78 is 0. The van der Waals surface area contributed by atoms with E-state index >= 15 is 0 Å². The third kappa shape index (κ3) is 4.93. The lowest BCUT2D eigenvalue weighted by molar-refractivity contribution is -0.137. The molecule has 1 aromatic heterocycles. The van der Waals surface area contributed by atoms with E-state index in [9.17, 15) is 9.59 Å². The number of thiophene rings is 1. The van der Waals surface area contributed by atoms with Crippen molar-refractivity contribution in [1.82, 2.24) is 5.32 Å². The van der Waals surface area contributed by atoms with Crippen LogP contribution in [0.3, 0.4) is 0 Å². The van der Waals surface area contributed by atoms with Gasteiger partial charge in [0.15, 0.2) is 0 Å². The Morgan fingerprint density at radius 2 is 2.31 bits per heavy atom. The molecule has 0 radical (unpaired) electrons. The Balaban J connectivity index is 2.25. The minimum absolute atomic E-state index is 0.0590. The first-order valence-corrected chi connectivity index (χ1v) is 6.04. The number of rotatable bonds is 6. The molecule has 0 bridgehead atoms. The molecule has 16 heavy (non-hydrogen) atoms. The first kappa shape index (κ1) is 12.7. The second kappa shape index (κ2) is 6.27. The van der Waals surface area contributed by atoms with Crippen molar-refractivity contribution in [3.8, 4) is 0 Å². The topological polar surface area (TPSA) is 66.4 Å². The van der Waals surface area contributed by atoms with Crippen LogP contribution in [-0.4, -0.2) is 23.0 Å². The van der Waals surface area contributed by atoms with E-state index in [1.54, 1.807) is 11.3 Å². The van der Waals surface area contributed by atoms with E-state index in [2.05, 4.69) is 5.32 Å². The van der Waals surface area contributed by atoms with Crippen LogP contribution in [0.2, 0.25) is 0 Å². The summed E-state index contributed by atoms with van der Waals surface area (Å²) in [4.78, 5) is 21.8. The number of carboxylic acids is 1. The largest absolute Gasteiger partial charge is 0.481 e. The first-order valence-electron chi connectivity index (χ1n) is 5.10. The number of amides is 1. The molecule has 0 fully saturated rings. The lowest BCUT2D eigenvalue weighted by Gasteiger charge is -2.12. The van der Waals surface area contributed by atoms with E-state index in [0.29, 0.717) is 12.8 Å². The van der Waals surface area contributed by atoms with Crippen LogP contribution >= 0.6 is 11.3 Å². The van der Waals surface area contributed by atoms with Crippen molar-refractivity contribution >= 4 is 23.2 Å². The van der Waals surface area contributed by atoms with Crippen LogP contribution in [0.1, 0.15) is 25.3 Å². The Kier molecular flexibility index (Phi) is 4.98. The highest BCUT2D eigenvalue weighted by Gasteiger charge is 2.09. The van der Waals surface area contributed by atoms with Crippen molar-refractivity contribution in [2.75, 3.05) is 0 Å². The number of carboxylic acid groups (broad SMARTS) is 1. The van der Waals surface area contributed by atoms with Gasteiger partial charge in [0.1, 0.15) is 0 Å². The summed E-state index contributed by atoms with van der Waals surface area (Å²) in [6.07, 6.45) is 0.908. The van der Waals surface area contributed by atoms with Crippen molar-refractivity contribution in [2.24, 2.45) is 0 Å². The van der Waals surface area contributed by atoms with Gasteiger partial charge in [-0.3, -0.25) is 9.59 Å². The molecule has 1 unspecified atom stereocenters. The van der Waals surface area contributed by atoms with E-state index < -0.39 is 5.97 Å². The Hall–Kier alpha value is -1.36. The van der Waals surface area contributed by atoms with Gasteiger partial charge in [-0.1, -0.05) is 0 Å². The second-order valence-electron chi connectivity index (χ2n) is 3.71. The molecule has 88 valence electrons. The maximum Gasteiger partial charge on any atom is 0.303 e. The monoisotopic (exact) mass is 241 g/mol. The highest BCUT2D eigenvalue weighted by Crippen LogP contribution is 2.06. The lowest BCUT2D eigenvalue weighted by atomic mass is 10.1. The third-order valence-corrected chi connectivity index (χ3v) is 2.88. The highest BCUT2D eigenvalue weighted by atomic mass is 32.1. The van der Waals surface area contributed by atoms with Gasteiger partial charge in [-0.2, -0.15) is 11.3 Å². The zero-order chi connectivity index (χ0) is 12.0. The summed E-state index contributed by atoms with van der Waals surface area (Å²) in [5.41, 5.74) is 0.993. The van der Waals surface area contributed by atoms with Gasteiger partial charge >= 0.3 is 5.97 Å². The SMILES string of the molecule is CC(CCC(=O)O)NC(=O)Cc1ccsc1. The van der Waals surface area contributed by atoms with Crippen molar-refractivity contribution in [2.45, 2.75) is 32.2 Å². The maximum absolute atomic E-state index is 11.5. The van der Waals surface area contributed by atoms with Crippen LogP contribution in [0.25, 0.3) is 0 Å². The van der Waals surface area contributed by atoms with Crippen molar-refractivity contribution < 1.29 is 14.7 Å². The van der Waals surface area contributed by atoms with Crippen molar-refractivity contribution in [3.05, 3.63) is 22.4 Å². The van der Waals surface area contributed by atoms with E-state index in [0.717, 1.165) is 5.56 Å². The molecule has 1 rings (SSSR count). The Morgan fingerprint density at radius 3 is 2.88 bits per heavy atom. The fraction of sp³-hybridized carbons (Fsp3) is 0.455. The van der Waals surface area contributed by atoms with Gasteiger partial charge in [-0.25, -0.2) is 0 Å². The predicted molar refractivity (Wildman–Crippen MR) is 62.5 cm³/mol. The summed E-state index contributed by atoms with van der Waals surface area (Å²) in [6, 6.07) is 1.81. The summed E-state index contributed by atoms with van der Waals surface area (Å²) in [7, 11) is 0. The molecule has 0 aliphatic carbocycles. The Labute approximate surface area is 98.3 Å². The van der Waals surface area contributed by atoms with Gasteiger partial charge in [0.25, 0.3) is 0 Å². The summed E-state index contributed by atoms with van der Waals surface area (Å²) >= 11 is 1.56. The number of hydrogen-bond acceptors (Lipinski definition) is 3. The van der Waals surface area contributed by atoms with Gasteiger partial charge < -0.3 is 10.4 Å². The number of aliphatic carboxylic acids is 1. The zero-order valence-corrected chi connectivity index (χ0v) is 9.92. The van der Waals surface area contributed by atoms with Gasteiger partial charge in [-0.05, 0) is 35.7 Å². The fourth-order valence-corrected chi connectivity index (χ4v) is 1.99. The molecule has 0 saturated carbocycles. The fourth-order valence-electron chi connectivity index (χ4n) is 1.32. The maximum atomic E-state index is 11.5. The molecule has 1 heterocycles. The standard InChI is InChI=1S/C11H15NO3S/c1-8(2-3-11(14)15)12-10(13)6-9-4-5-16-7-9/h4-5,7-8H,2-3,6H2,1H3,(H,12,13)(H,14,15). The Bertz CT molecular complexity index is 348. The summed E-state index contributed by atoms with van der Waals surface area (Å²) in [6.45, 7) is 1.81. The molecule has 0 aromatic carbocycles. The van der Waals surface area contributed by atoms with E-state index in [1.165, 1.54) is 0 Å². The first-order chi connectivity index (χ1) is 7.58. The minimum atomic E-state index is -0.834. The molecule has 1 amide bonds. The second-order valence-corrected chi connectivity index (χ2v) is 4.49. The predicted octanol–water partition coefficient (Wildman–Crippen LogP) is 1.66. The molecular weight excluding hydrogens is 226 g/mol. The lowest BCUT2D eigenvalue weighted by Crippen LogP contribution is -2.33. The van der Waals surface area contributed by atoms with Crippen LogP contribution in [0.4, 0.5) is 0 Å². The smallest absolute Gasteiger partial charge is 0.303 e. The number of carbonyl (C=O) groups is 2. The Morgan fingerprint density at radius 1 is 1.56 bits per heavy atom. The molecule has 0 aliphatic heterocycles. The summed E-state index contributed by atoms with van der Waals surface area (Å²) in [5.74, 6) is -0.893. The average molecular weight is 241 g/mol. The third-order valence-electron chi connectivity index (χ3n) is 2.14. The molecule has 0 spiro atoms. The van der Waals surface area contributed by atoms with Crippen LogP contribution < -0.4 is 5.32 Å². The van der Waals surface area contributed by atoms with Gasteiger partial charge in [0, 0.05) is 12.5 Å². The molecule has 4 nitrogen and oxygen atoms in total. The molecule has 1 aromatic rings. The normalized spacial score (nSPS) is 12.1. The zero-order valence-electron chi connectivity index (χ0n) is 9.10. The van der Waals surface area contributed by atoms with E-state index in [-0.39, 0.29) is 18.4 Å². The van der Waals surface area contributed by atoms with E-state index in [1.807, 2.05) is 23.8 Å². The molecule has 1 atom stereocenters. The number of carbonyl (C=O) groups excluding carboxylic acids is 1. The van der Waals surface area contributed by atoms with Crippen LogP contribution in [0.15, 0.2) is 16.8 Å². The molecule has 5 heteroatoms. The van der Waals surface area contributed by atoms with Gasteiger partial charge in [0.2, 0.25) is 5.91 Å². The molecule has 2 N–H and O–H groups in total. The quantitative estimate of drug-likeness (QED) is 0.796. The van der Waals surface area contributed by atoms with Gasteiger partial charge in [-0.15, -0.1) is 0 Å². The molecular formula is C11H15NO3S. The number of nitrogens with one attached hydrogen (secondary N) is 1. The highest BCUT2D eigenvalue weighted by molar-refractivity contribution is 7.07. The number of hydrogen-bond donors (Lipinski definition) is 2. The molecule has 0 saturated heterocycles. The van der Waals surface area contributed by atoms with Crippen molar-refractivity contribution in [1.29, 1.82) is 0 Å². The summed E-state index contributed by atoms with van der Waals surface area (Å²) in [5, 5.41) is 15.1. The van der Waals surface area contributed by atoms with Crippen LogP contribution in [-0.2, 0) is 16.0 Å². The van der Waals surface area contributed by atoms with Gasteiger partial charge in [0.05, 0.1) is 6.42 Å². The van der Waals surface area contributed by atoms with Crippen molar-refractivity contribution in [3.63, 3.8) is 0 Å². The minimum Gasteiger partial charge on any atom is -0.481 e. The van der Waals surface area contributed by atoms with Crippen LogP contribution in [0, 0.1) is 0 Å².